The van der Waals surface area contributed by atoms with Crippen molar-refractivity contribution in [3.05, 3.63) is 47.8 Å². The van der Waals surface area contributed by atoms with Gasteiger partial charge in [-0.15, -0.1) is 0 Å². The SMILES string of the molecule is Cc1ncccc1N[C@@H](C)c1ccc2c(c1)OCCCO2. The molecule has 0 bridgehead atoms. The summed E-state index contributed by atoms with van der Waals surface area (Å²) in [7, 11) is 0. The Morgan fingerprint density at radius 1 is 1.14 bits per heavy atom. The summed E-state index contributed by atoms with van der Waals surface area (Å²) in [5.41, 5.74) is 3.22. The lowest BCUT2D eigenvalue weighted by Gasteiger charge is -2.18. The third kappa shape index (κ3) is 3.10. The second kappa shape index (κ2) is 6.04. The normalized spacial score (nSPS) is 15.1. The highest BCUT2D eigenvalue weighted by atomic mass is 16.5. The number of benzene rings is 1. The molecule has 4 heteroatoms. The number of aryl methyl sites for hydroxylation is 1. The monoisotopic (exact) mass is 284 g/mol. The van der Waals surface area contributed by atoms with E-state index in [1.807, 2.05) is 25.1 Å². The molecule has 0 amide bonds. The molecule has 21 heavy (non-hydrogen) atoms. The van der Waals surface area contributed by atoms with Crippen LogP contribution < -0.4 is 14.8 Å². The summed E-state index contributed by atoms with van der Waals surface area (Å²) in [4.78, 5) is 4.30. The van der Waals surface area contributed by atoms with Crippen molar-refractivity contribution in [3.8, 4) is 11.5 Å². The molecule has 2 heterocycles. The molecule has 1 N–H and O–H groups in total. The van der Waals surface area contributed by atoms with Crippen molar-refractivity contribution in [1.29, 1.82) is 0 Å². The van der Waals surface area contributed by atoms with Crippen molar-refractivity contribution >= 4 is 5.69 Å². The fraction of sp³-hybridized carbons (Fsp3) is 0.353. The molecule has 110 valence electrons. The van der Waals surface area contributed by atoms with Crippen LogP contribution in [0, 0.1) is 6.92 Å². The molecule has 1 aromatic carbocycles. The molecule has 0 spiro atoms. The molecule has 0 unspecified atom stereocenters. The third-order valence-electron chi connectivity index (χ3n) is 3.65. The van der Waals surface area contributed by atoms with Gasteiger partial charge in [-0.1, -0.05) is 6.07 Å². The molecular formula is C17H20N2O2. The predicted molar refractivity (Wildman–Crippen MR) is 83.1 cm³/mol. The third-order valence-corrected chi connectivity index (χ3v) is 3.65. The van der Waals surface area contributed by atoms with Gasteiger partial charge >= 0.3 is 0 Å². The van der Waals surface area contributed by atoms with Gasteiger partial charge in [0.05, 0.1) is 24.6 Å². The number of fused-ring (bicyclic) bond motifs is 1. The van der Waals surface area contributed by atoms with Gasteiger partial charge in [0.15, 0.2) is 11.5 Å². The summed E-state index contributed by atoms with van der Waals surface area (Å²) in [5, 5.41) is 3.49. The van der Waals surface area contributed by atoms with E-state index in [2.05, 4.69) is 29.4 Å². The summed E-state index contributed by atoms with van der Waals surface area (Å²) in [5.74, 6) is 1.67. The molecule has 1 aromatic heterocycles. The fourth-order valence-electron chi connectivity index (χ4n) is 2.40. The second-order valence-electron chi connectivity index (χ2n) is 5.26. The molecule has 0 saturated carbocycles. The van der Waals surface area contributed by atoms with E-state index in [1.54, 1.807) is 6.20 Å². The van der Waals surface area contributed by atoms with Crippen LogP contribution in [0.3, 0.4) is 0 Å². The summed E-state index contributed by atoms with van der Waals surface area (Å²) >= 11 is 0. The highest BCUT2D eigenvalue weighted by molar-refractivity contribution is 5.50. The van der Waals surface area contributed by atoms with Crippen LogP contribution in [-0.4, -0.2) is 18.2 Å². The van der Waals surface area contributed by atoms with Gasteiger partial charge in [0.1, 0.15) is 0 Å². The Morgan fingerprint density at radius 3 is 2.76 bits per heavy atom. The average molecular weight is 284 g/mol. The Morgan fingerprint density at radius 2 is 1.95 bits per heavy atom. The lowest BCUT2D eigenvalue weighted by Crippen LogP contribution is -2.08. The summed E-state index contributed by atoms with van der Waals surface area (Å²) in [6.45, 7) is 5.56. The number of pyridine rings is 1. The molecule has 0 saturated heterocycles. The number of hydrogen-bond donors (Lipinski definition) is 1. The molecule has 4 nitrogen and oxygen atoms in total. The van der Waals surface area contributed by atoms with E-state index in [4.69, 9.17) is 9.47 Å². The highest BCUT2D eigenvalue weighted by Gasteiger charge is 2.14. The quantitative estimate of drug-likeness (QED) is 0.932. The van der Waals surface area contributed by atoms with E-state index in [-0.39, 0.29) is 6.04 Å². The topological polar surface area (TPSA) is 43.4 Å². The number of anilines is 1. The van der Waals surface area contributed by atoms with Crippen LogP contribution in [0.4, 0.5) is 5.69 Å². The van der Waals surface area contributed by atoms with Gasteiger partial charge in [-0.3, -0.25) is 4.98 Å². The van der Waals surface area contributed by atoms with E-state index in [0.29, 0.717) is 6.61 Å². The minimum Gasteiger partial charge on any atom is -0.490 e. The number of nitrogens with zero attached hydrogens (tertiary/aromatic N) is 1. The van der Waals surface area contributed by atoms with Gasteiger partial charge in [0.2, 0.25) is 0 Å². The van der Waals surface area contributed by atoms with E-state index in [9.17, 15) is 0 Å². The molecular weight excluding hydrogens is 264 g/mol. The van der Waals surface area contributed by atoms with Crippen LogP contribution in [-0.2, 0) is 0 Å². The molecule has 1 aliphatic rings. The first-order valence-electron chi connectivity index (χ1n) is 7.32. The zero-order chi connectivity index (χ0) is 14.7. The van der Waals surface area contributed by atoms with Crippen molar-refractivity contribution in [2.45, 2.75) is 26.3 Å². The van der Waals surface area contributed by atoms with Crippen LogP contribution in [0.1, 0.15) is 30.6 Å². The zero-order valence-electron chi connectivity index (χ0n) is 12.4. The highest BCUT2D eigenvalue weighted by Crippen LogP contribution is 2.33. The summed E-state index contributed by atoms with van der Waals surface area (Å²) in [6.07, 6.45) is 2.73. The maximum Gasteiger partial charge on any atom is 0.161 e. The van der Waals surface area contributed by atoms with Crippen LogP contribution in [0.25, 0.3) is 0 Å². The second-order valence-corrected chi connectivity index (χ2v) is 5.26. The van der Waals surface area contributed by atoms with Gasteiger partial charge in [0.25, 0.3) is 0 Å². The van der Waals surface area contributed by atoms with E-state index >= 15 is 0 Å². The molecule has 0 radical (unpaired) electrons. The Kier molecular flexibility index (Phi) is 3.95. The van der Waals surface area contributed by atoms with Crippen molar-refractivity contribution in [2.75, 3.05) is 18.5 Å². The number of ether oxygens (including phenoxy) is 2. The number of rotatable bonds is 3. The zero-order valence-corrected chi connectivity index (χ0v) is 12.4. The Bertz CT molecular complexity index is 628. The van der Waals surface area contributed by atoms with E-state index in [1.165, 1.54) is 5.56 Å². The predicted octanol–water partition coefficient (Wildman–Crippen LogP) is 3.72. The Hall–Kier alpha value is -2.23. The first-order valence-corrected chi connectivity index (χ1v) is 7.32. The Balaban J connectivity index is 1.80. The number of aromatic nitrogens is 1. The Labute approximate surface area is 125 Å². The molecule has 3 rings (SSSR count). The maximum absolute atomic E-state index is 5.75. The number of nitrogens with one attached hydrogen (secondary N) is 1. The van der Waals surface area contributed by atoms with Crippen molar-refractivity contribution < 1.29 is 9.47 Å². The smallest absolute Gasteiger partial charge is 0.161 e. The molecule has 2 aromatic rings. The molecule has 1 aliphatic heterocycles. The molecule has 0 aliphatic carbocycles. The van der Waals surface area contributed by atoms with Crippen LogP contribution >= 0.6 is 0 Å². The van der Waals surface area contributed by atoms with Crippen LogP contribution in [0.15, 0.2) is 36.5 Å². The lowest BCUT2D eigenvalue weighted by atomic mass is 10.1. The summed E-state index contributed by atoms with van der Waals surface area (Å²) < 4.78 is 11.4. The van der Waals surface area contributed by atoms with Gasteiger partial charge in [-0.05, 0) is 43.7 Å². The molecule has 0 fully saturated rings. The van der Waals surface area contributed by atoms with Crippen molar-refractivity contribution in [3.63, 3.8) is 0 Å². The fourth-order valence-corrected chi connectivity index (χ4v) is 2.40. The minimum absolute atomic E-state index is 0.171. The van der Waals surface area contributed by atoms with Crippen LogP contribution in [0.2, 0.25) is 0 Å². The number of hydrogen-bond acceptors (Lipinski definition) is 4. The van der Waals surface area contributed by atoms with Crippen LogP contribution in [0.5, 0.6) is 11.5 Å². The van der Waals surface area contributed by atoms with E-state index < -0.39 is 0 Å². The molecule has 1 atom stereocenters. The van der Waals surface area contributed by atoms with E-state index in [0.717, 1.165) is 35.9 Å². The average Bonchev–Trinajstić information content (AvgIpc) is 2.74. The van der Waals surface area contributed by atoms with Crippen molar-refractivity contribution in [1.82, 2.24) is 4.98 Å². The van der Waals surface area contributed by atoms with Gasteiger partial charge < -0.3 is 14.8 Å². The first kappa shape index (κ1) is 13.7. The maximum atomic E-state index is 5.75. The van der Waals surface area contributed by atoms with Gasteiger partial charge in [-0.2, -0.15) is 0 Å². The lowest BCUT2D eigenvalue weighted by molar-refractivity contribution is 0.297. The van der Waals surface area contributed by atoms with Gasteiger partial charge in [-0.25, -0.2) is 0 Å². The van der Waals surface area contributed by atoms with Crippen molar-refractivity contribution in [2.24, 2.45) is 0 Å². The minimum atomic E-state index is 0.171. The standard InChI is InChI=1S/C17H20N2O2/c1-12(19-15-5-3-8-18-13(15)2)14-6-7-16-17(11-14)21-10-4-9-20-16/h3,5-8,11-12,19H,4,9-10H2,1-2H3/t12-/m0/s1. The largest absolute Gasteiger partial charge is 0.490 e. The summed E-state index contributed by atoms with van der Waals surface area (Å²) in [6, 6.07) is 10.3. The van der Waals surface area contributed by atoms with Gasteiger partial charge in [0, 0.05) is 18.7 Å². The first-order chi connectivity index (χ1) is 10.2.